The van der Waals surface area contributed by atoms with E-state index in [0.717, 1.165) is 18.4 Å². The van der Waals surface area contributed by atoms with Gasteiger partial charge in [-0.15, -0.1) is 0 Å². The maximum absolute atomic E-state index is 13.2. The number of hydrogen-bond acceptors (Lipinski definition) is 4. The van der Waals surface area contributed by atoms with Crippen molar-refractivity contribution in [2.45, 2.75) is 31.1 Å². The minimum atomic E-state index is -0.0544. The first-order valence-corrected chi connectivity index (χ1v) is 12.0. The van der Waals surface area contributed by atoms with Crippen LogP contribution in [0.15, 0.2) is 94.9 Å². The molecule has 0 bridgehead atoms. The van der Waals surface area contributed by atoms with E-state index in [2.05, 4.69) is 12.1 Å². The highest BCUT2D eigenvalue weighted by atomic mass is 32.2. The lowest BCUT2D eigenvalue weighted by molar-refractivity contribution is -0.127. The first-order valence-electron chi connectivity index (χ1n) is 11.1. The van der Waals surface area contributed by atoms with Crippen LogP contribution >= 0.6 is 11.8 Å². The fourth-order valence-electron chi connectivity index (χ4n) is 3.72. The molecule has 0 aliphatic rings. The van der Waals surface area contributed by atoms with Crippen LogP contribution in [0.1, 0.15) is 17.5 Å². The number of rotatable bonds is 9. The molecule has 33 heavy (non-hydrogen) atoms. The van der Waals surface area contributed by atoms with Crippen LogP contribution in [0.25, 0.3) is 10.9 Å². The van der Waals surface area contributed by atoms with E-state index in [-0.39, 0.29) is 17.2 Å². The number of fused-ring (bicyclic) bond motifs is 1. The van der Waals surface area contributed by atoms with Gasteiger partial charge in [0.1, 0.15) is 0 Å². The lowest BCUT2D eigenvalue weighted by Gasteiger charge is -2.18. The molecule has 0 unspecified atom stereocenters. The highest BCUT2D eigenvalue weighted by Crippen LogP contribution is 2.19. The van der Waals surface area contributed by atoms with E-state index >= 15 is 0 Å². The van der Waals surface area contributed by atoms with Crippen molar-refractivity contribution in [1.82, 2.24) is 14.5 Å². The van der Waals surface area contributed by atoms with Gasteiger partial charge >= 0.3 is 0 Å². The fourth-order valence-corrected chi connectivity index (χ4v) is 4.69. The van der Waals surface area contributed by atoms with Crippen LogP contribution in [-0.2, 0) is 24.3 Å². The van der Waals surface area contributed by atoms with Gasteiger partial charge in [-0.2, -0.15) is 0 Å². The molecule has 0 aliphatic carbocycles. The van der Waals surface area contributed by atoms with Crippen molar-refractivity contribution in [3.63, 3.8) is 0 Å². The number of aromatic nitrogens is 2. The van der Waals surface area contributed by atoms with Crippen LogP contribution in [0, 0.1) is 0 Å². The minimum absolute atomic E-state index is 0.00194. The monoisotopic (exact) mass is 457 g/mol. The Bertz CT molecular complexity index is 1270. The molecule has 0 N–H and O–H groups in total. The molecule has 3 aromatic carbocycles. The van der Waals surface area contributed by atoms with E-state index in [0.29, 0.717) is 29.1 Å². The summed E-state index contributed by atoms with van der Waals surface area (Å²) in [6.45, 7) is 1.11. The summed E-state index contributed by atoms with van der Waals surface area (Å²) in [4.78, 5) is 32.4. The van der Waals surface area contributed by atoms with Crippen LogP contribution in [0.2, 0.25) is 0 Å². The Kier molecular flexibility index (Phi) is 7.58. The summed E-state index contributed by atoms with van der Waals surface area (Å²) in [7, 11) is 1.80. The Morgan fingerprint density at radius 1 is 0.909 bits per heavy atom. The number of carbonyl (C=O) groups excluding carboxylic acids is 1. The van der Waals surface area contributed by atoms with E-state index in [4.69, 9.17) is 4.98 Å². The largest absolute Gasteiger partial charge is 0.341 e. The van der Waals surface area contributed by atoms with E-state index in [1.54, 1.807) is 16.5 Å². The molecule has 1 amide bonds. The summed E-state index contributed by atoms with van der Waals surface area (Å²) in [6, 6.07) is 27.5. The standard InChI is InChI=1S/C27H27N3O2S/c1-29(19-22-13-6-3-7-14-22)25(31)20-33-27-28-24-17-9-8-16-23(24)26(32)30(27)18-10-15-21-11-4-2-5-12-21/h2-9,11-14,16-17H,10,15,18-20H2,1H3. The molecule has 0 saturated carbocycles. The van der Waals surface area contributed by atoms with Crippen molar-refractivity contribution in [3.05, 3.63) is 106 Å². The zero-order chi connectivity index (χ0) is 23.0. The number of benzene rings is 3. The van der Waals surface area contributed by atoms with Gasteiger partial charge in [0.2, 0.25) is 5.91 Å². The summed E-state index contributed by atoms with van der Waals surface area (Å²) in [5.74, 6) is 0.231. The second-order valence-corrected chi connectivity index (χ2v) is 8.92. The molecule has 0 saturated heterocycles. The second kappa shape index (κ2) is 11.0. The van der Waals surface area contributed by atoms with Crippen molar-refractivity contribution in [3.8, 4) is 0 Å². The third-order valence-corrected chi connectivity index (χ3v) is 6.49. The van der Waals surface area contributed by atoms with Crippen molar-refractivity contribution in [1.29, 1.82) is 0 Å². The molecule has 4 aromatic rings. The predicted octanol–water partition coefficient (Wildman–Crippen LogP) is 4.78. The van der Waals surface area contributed by atoms with Crippen molar-refractivity contribution >= 4 is 28.6 Å². The molecular weight excluding hydrogens is 430 g/mol. The van der Waals surface area contributed by atoms with Gasteiger partial charge in [0.05, 0.1) is 16.7 Å². The van der Waals surface area contributed by atoms with Crippen molar-refractivity contribution in [2.75, 3.05) is 12.8 Å². The number of thioether (sulfide) groups is 1. The molecule has 1 aromatic heterocycles. The third kappa shape index (κ3) is 5.90. The quantitative estimate of drug-likeness (QED) is 0.268. The minimum Gasteiger partial charge on any atom is -0.341 e. The summed E-state index contributed by atoms with van der Waals surface area (Å²) >= 11 is 1.33. The number of hydrogen-bond donors (Lipinski definition) is 0. The average Bonchev–Trinajstić information content (AvgIpc) is 2.85. The van der Waals surface area contributed by atoms with Crippen LogP contribution in [-0.4, -0.2) is 33.2 Å². The highest BCUT2D eigenvalue weighted by Gasteiger charge is 2.15. The summed E-state index contributed by atoms with van der Waals surface area (Å²) in [6.07, 6.45) is 1.70. The molecule has 5 nitrogen and oxygen atoms in total. The van der Waals surface area contributed by atoms with Crippen LogP contribution < -0.4 is 5.56 Å². The Labute approximate surface area is 198 Å². The molecule has 4 rings (SSSR count). The highest BCUT2D eigenvalue weighted by molar-refractivity contribution is 7.99. The lowest BCUT2D eigenvalue weighted by Crippen LogP contribution is -2.29. The number of aryl methyl sites for hydroxylation is 1. The Balaban J connectivity index is 1.49. The summed E-state index contributed by atoms with van der Waals surface area (Å²) in [5.41, 5.74) is 2.93. The van der Waals surface area contributed by atoms with E-state index in [9.17, 15) is 9.59 Å². The molecule has 0 spiro atoms. The van der Waals surface area contributed by atoms with Gasteiger partial charge in [-0.25, -0.2) is 4.98 Å². The fraction of sp³-hybridized carbons (Fsp3) is 0.222. The van der Waals surface area contributed by atoms with Gasteiger partial charge in [-0.1, -0.05) is 84.6 Å². The molecule has 168 valence electrons. The normalized spacial score (nSPS) is 10.9. The van der Waals surface area contributed by atoms with Crippen LogP contribution in [0.5, 0.6) is 0 Å². The summed E-state index contributed by atoms with van der Waals surface area (Å²) < 4.78 is 1.72. The Hall–Kier alpha value is -3.38. The second-order valence-electron chi connectivity index (χ2n) is 7.98. The first-order chi connectivity index (χ1) is 16.1. The van der Waals surface area contributed by atoms with Gasteiger partial charge < -0.3 is 4.90 Å². The van der Waals surface area contributed by atoms with Crippen molar-refractivity contribution < 1.29 is 4.79 Å². The molecule has 0 radical (unpaired) electrons. The smallest absolute Gasteiger partial charge is 0.262 e. The van der Waals surface area contributed by atoms with Gasteiger partial charge in [0, 0.05) is 20.1 Å². The first kappa shape index (κ1) is 22.8. The van der Waals surface area contributed by atoms with E-state index < -0.39 is 0 Å². The molecule has 1 heterocycles. The van der Waals surface area contributed by atoms with Gasteiger partial charge in [-0.3, -0.25) is 14.2 Å². The number of para-hydroxylation sites is 1. The summed E-state index contributed by atoms with van der Waals surface area (Å²) in [5, 5.41) is 1.20. The Morgan fingerprint density at radius 3 is 2.27 bits per heavy atom. The maximum Gasteiger partial charge on any atom is 0.262 e. The topological polar surface area (TPSA) is 55.2 Å². The maximum atomic E-state index is 13.2. The predicted molar refractivity (Wildman–Crippen MR) is 134 cm³/mol. The zero-order valence-electron chi connectivity index (χ0n) is 18.7. The van der Waals surface area contributed by atoms with E-state index in [1.807, 2.05) is 72.8 Å². The van der Waals surface area contributed by atoms with Crippen LogP contribution in [0.4, 0.5) is 0 Å². The average molecular weight is 458 g/mol. The third-order valence-electron chi connectivity index (χ3n) is 5.53. The zero-order valence-corrected chi connectivity index (χ0v) is 19.5. The molecule has 0 atom stereocenters. The lowest BCUT2D eigenvalue weighted by atomic mass is 10.1. The Morgan fingerprint density at radius 2 is 1.55 bits per heavy atom. The molecule has 0 fully saturated rings. The van der Waals surface area contributed by atoms with Gasteiger partial charge in [-0.05, 0) is 36.1 Å². The van der Waals surface area contributed by atoms with E-state index in [1.165, 1.54) is 17.3 Å². The van der Waals surface area contributed by atoms with Crippen molar-refractivity contribution in [2.24, 2.45) is 0 Å². The molecule has 6 heteroatoms. The molecular formula is C27H27N3O2S. The SMILES string of the molecule is CN(Cc1ccccc1)C(=O)CSc1nc2ccccc2c(=O)n1CCCc1ccccc1. The molecule has 0 aliphatic heterocycles. The number of amides is 1. The number of carbonyl (C=O) groups is 1. The number of nitrogens with zero attached hydrogens (tertiary/aromatic N) is 3. The van der Waals surface area contributed by atoms with Gasteiger partial charge in [0.25, 0.3) is 5.56 Å². The van der Waals surface area contributed by atoms with Gasteiger partial charge in [0.15, 0.2) is 5.16 Å². The van der Waals surface area contributed by atoms with Crippen LogP contribution in [0.3, 0.4) is 0 Å².